The molecule has 172 valence electrons. The Morgan fingerprint density at radius 1 is 0.879 bits per heavy atom. The molecule has 0 spiro atoms. The lowest BCUT2D eigenvalue weighted by Gasteiger charge is -2.28. The Morgan fingerprint density at radius 3 is 2.18 bits per heavy atom. The van der Waals surface area contributed by atoms with Gasteiger partial charge in [-0.1, -0.05) is 48.6 Å². The first-order valence-electron chi connectivity index (χ1n) is 10.9. The highest BCUT2D eigenvalue weighted by atomic mass is 19.2. The van der Waals surface area contributed by atoms with Crippen LogP contribution in [-0.2, 0) is 9.47 Å². The van der Waals surface area contributed by atoms with E-state index in [0.717, 1.165) is 5.56 Å². The second-order valence-corrected chi connectivity index (χ2v) is 7.77. The van der Waals surface area contributed by atoms with Crippen molar-refractivity contribution in [3.63, 3.8) is 0 Å². The number of rotatable bonds is 6. The average molecular weight is 454 g/mol. The molecule has 0 aromatic heterocycles. The minimum absolute atomic E-state index is 0.116. The van der Waals surface area contributed by atoms with Crippen molar-refractivity contribution in [1.82, 2.24) is 0 Å². The largest absolute Gasteiger partial charge is 0.491 e. The summed E-state index contributed by atoms with van der Waals surface area (Å²) in [5.41, 5.74) is 2.39. The van der Waals surface area contributed by atoms with Gasteiger partial charge in [0.15, 0.2) is 17.9 Å². The Morgan fingerprint density at radius 2 is 1.55 bits per heavy atom. The van der Waals surface area contributed by atoms with Gasteiger partial charge in [0.1, 0.15) is 5.82 Å². The minimum Gasteiger partial charge on any atom is -0.491 e. The van der Waals surface area contributed by atoms with Crippen molar-refractivity contribution in [3.8, 4) is 28.0 Å². The maximum Gasteiger partial charge on any atom is 0.201 e. The van der Waals surface area contributed by atoms with Crippen molar-refractivity contribution in [2.75, 3.05) is 19.8 Å². The topological polar surface area (TPSA) is 27.7 Å². The Labute approximate surface area is 191 Å². The van der Waals surface area contributed by atoms with Crippen molar-refractivity contribution in [3.05, 3.63) is 89.8 Å². The van der Waals surface area contributed by atoms with E-state index in [-0.39, 0.29) is 23.8 Å². The number of hydrogen-bond donors (Lipinski definition) is 0. The zero-order valence-corrected chi connectivity index (χ0v) is 18.5. The maximum atomic E-state index is 14.8. The molecule has 1 aliphatic rings. The lowest BCUT2D eigenvalue weighted by molar-refractivity contribution is -0.198. The predicted octanol–water partition coefficient (Wildman–Crippen LogP) is 7.07. The molecule has 0 bridgehead atoms. The highest BCUT2D eigenvalue weighted by molar-refractivity contribution is 5.71. The monoisotopic (exact) mass is 454 g/mol. The standard InChI is InChI=1S/C27H25F3O3/c1-3-5-17-15-32-27(33-16-17)22-11-10-20(14-23(22)28)18-6-8-19(9-7-18)21-12-13-24(31-4-2)26(30)25(21)29/h3,5-14,17,27H,4,15-16H2,1-2H3. The van der Waals surface area contributed by atoms with E-state index in [1.54, 1.807) is 43.3 Å². The molecule has 1 heterocycles. The fourth-order valence-electron chi connectivity index (χ4n) is 3.84. The lowest BCUT2D eigenvalue weighted by atomic mass is 9.98. The smallest absolute Gasteiger partial charge is 0.201 e. The maximum absolute atomic E-state index is 14.8. The van der Waals surface area contributed by atoms with Crippen molar-refractivity contribution in [2.24, 2.45) is 5.92 Å². The third-order valence-corrected chi connectivity index (χ3v) is 5.52. The number of ether oxygens (including phenoxy) is 3. The fraction of sp³-hybridized carbons (Fsp3) is 0.259. The molecule has 0 N–H and O–H groups in total. The molecular formula is C27H25F3O3. The van der Waals surface area contributed by atoms with Crippen LogP contribution in [0.1, 0.15) is 25.7 Å². The summed E-state index contributed by atoms with van der Waals surface area (Å²) in [7, 11) is 0. The molecule has 3 aromatic rings. The SMILES string of the molecule is CC=CC1COC(c2ccc(-c3ccc(-c4ccc(OCC)c(F)c4F)cc3)cc2F)OC1. The van der Waals surface area contributed by atoms with Crippen LogP contribution in [-0.4, -0.2) is 19.8 Å². The Kier molecular flexibility index (Phi) is 7.16. The van der Waals surface area contributed by atoms with Crippen molar-refractivity contribution >= 4 is 0 Å². The van der Waals surface area contributed by atoms with Gasteiger partial charge in [0.2, 0.25) is 5.82 Å². The molecule has 0 unspecified atom stereocenters. The van der Waals surface area contributed by atoms with E-state index in [4.69, 9.17) is 14.2 Å². The highest BCUT2D eigenvalue weighted by Gasteiger charge is 2.24. The molecule has 0 amide bonds. The summed E-state index contributed by atoms with van der Waals surface area (Å²) in [6, 6.07) is 14.6. The van der Waals surface area contributed by atoms with Gasteiger partial charge in [-0.2, -0.15) is 4.39 Å². The molecule has 1 fully saturated rings. The Bertz CT molecular complexity index is 1130. The van der Waals surface area contributed by atoms with Crippen LogP contribution in [0.5, 0.6) is 5.75 Å². The van der Waals surface area contributed by atoms with Gasteiger partial charge in [-0.05, 0) is 48.7 Å². The van der Waals surface area contributed by atoms with E-state index < -0.39 is 23.7 Å². The van der Waals surface area contributed by atoms with Crippen LogP contribution in [0.25, 0.3) is 22.3 Å². The predicted molar refractivity (Wildman–Crippen MR) is 121 cm³/mol. The summed E-state index contributed by atoms with van der Waals surface area (Å²) in [4.78, 5) is 0. The second-order valence-electron chi connectivity index (χ2n) is 7.77. The van der Waals surface area contributed by atoms with E-state index in [9.17, 15) is 13.2 Å². The highest BCUT2D eigenvalue weighted by Crippen LogP contribution is 2.33. The normalized spacial score (nSPS) is 18.6. The third kappa shape index (κ3) is 4.97. The Hall–Kier alpha value is -3.09. The summed E-state index contributed by atoms with van der Waals surface area (Å²) in [6.45, 7) is 4.83. The quantitative estimate of drug-likeness (QED) is 0.373. The van der Waals surface area contributed by atoms with Gasteiger partial charge >= 0.3 is 0 Å². The van der Waals surface area contributed by atoms with Crippen LogP contribution in [0.2, 0.25) is 0 Å². The average Bonchev–Trinajstić information content (AvgIpc) is 2.83. The molecule has 0 saturated carbocycles. The molecule has 4 rings (SSSR count). The van der Waals surface area contributed by atoms with Crippen LogP contribution >= 0.6 is 0 Å². The van der Waals surface area contributed by atoms with E-state index in [0.29, 0.717) is 29.9 Å². The van der Waals surface area contributed by atoms with Crippen LogP contribution < -0.4 is 4.74 Å². The molecule has 3 aromatic carbocycles. The van der Waals surface area contributed by atoms with E-state index >= 15 is 0 Å². The third-order valence-electron chi connectivity index (χ3n) is 5.52. The van der Waals surface area contributed by atoms with E-state index in [2.05, 4.69) is 0 Å². The number of allylic oxidation sites excluding steroid dienone is 1. The number of halogens is 3. The lowest BCUT2D eigenvalue weighted by Crippen LogP contribution is -2.26. The molecule has 6 heteroatoms. The fourth-order valence-corrected chi connectivity index (χ4v) is 3.84. The zero-order chi connectivity index (χ0) is 23.4. The molecule has 1 aliphatic heterocycles. The first-order valence-corrected chi connectivity index (χ1v) is 10.9. The van der Waals surface area contributed by atoms with Crippen LogP contribution in [0.15, 0.2) is 66.7 Å². The molecule has 0 atom stereocenters. The summed E-state index contributed by atoms with van der Waals surface area (Å²) < 4.78 is 60.0. The number of benzene rings is 3. The van der Waals surface area contributed by atoms with E-state index in [1.165, 1.54) is 18.2 Å². The summed E-state index contributed by atoms with van der Waals surface area (Å²) in [5.74, 6) is -2.35. The molecular weight excluding hydrogens is 429 g/mol. The Balaban J connectivity index is 1.52. The zero-order valence-electron chi connectivity index (χ0n) is 18.5. The summed E-state index contributed by atoms with van der Waals surface area (Å²) in [6.07, 6.45) is 3.21. The van der Waals surface area contributed by atoms with Crippen molar-refractivity contribution in [1.29, 1.82) is 0 Å². The van der Waals surface area contributed by atoms with Gasteiger partial charge in [0, 0.05) is 17.0 Å². The van der Waals surface area contributed by atoms with Crippen molar-refractivity contribution < 1.29 is 27.4 Å². The first-order chi connectivity index (χ1) is 16.0. The van der Waals surface area contributed by atoms with E-state index in [1.807, 2.05) is 19.1 Å². The van der Waals surface area contributed by atoms with Crippen LogP contribution in [0.4, 0.5) is 13.2 Å². The molecule has 1 saturated heterocycles. The van der Waals surface area contributed by atoms with Crippen LogP contribution in [0.3, 0.4) is 0 Å². The second kappa shape index (κ2) is 10.2. The van der Waals surface area contributed by atoms with Gasteiger partial charge < -0.3 is 14.2 Å². The van der Waals surface area contributed by atoms with Crippen LogP contribution in [0, 0.1) is 23.4 Å². The van der Waals surface area contributed by atoms with Crippen molar-refractivity contribution in [2.45, 2.75) is 20.1 Å². The molecule has 3 nitrogen and oxygen atoms in total. The first kappa shape index (κ1) is 23.1. The number of hydrogen-bond acceptors (Lipinski definition) is 3. The van der Waals surface area contributed by atoms with Gasteiger partial charge in [-0.3, -0.25) is 0 Å². The van der Waals surface area contributed by atoms with Gasteiger partial charge in [-0.15, -0.1) is 0 Å². The minimum atomic E-state index is -1.01. The molecule has 33 heavy (non-hydrogen) atoms. The molecule has 0 aliphatic carbocycles. The summed E-state index contributed by atoms with van der Waals surface area (Å²) >= 11 is 0. The summed E-state index contributed by atoms with van der Waals surface area (Å²) in [5, 5.41) is 0. The van der Waals surface area contributed by atoms with Gasteiger partial charge in [-0.25, -0.2) is 8.78 Å². The van der Waals surface area contributed by atoms with Gasteiger partial charge in [0.05, 0.1) is 19.8 Å². The van der Waals surface area contributed by atoms with Gasteiger partial charge in [0.25, 0.3) is 0 Å². The molecule has 0 radical (unpaired) electrons.